The first kappa shape index (κ1) is 12.9. The normalized spacial score (nSPS) is 27.4. The van der Waals surface area contributed by atoms with Crippen molar-refractivity contribution in [2.24, 2.45) is 5.92 Å². The fraction of sp³-hybridized carbons (Fsp3) is 0.368. The lowest BCUT2D eigenvalue weighted by Crippen LogP contribution is -2.23. The van der Waals surface area contributed by atoms with Gasteiger partial charge in [-0.15, -0.1) is 0 Å². The highest BCUT2D eigenvalue weighted by Gasteiger charge is 2.48. The molecule has 2 N–H and O–H groups in total. The van der Waals surface area contributed by atoms with Crippen LogP contribution in [0.25, 0.3) is 0 Å². The molecule has 3 atom stereocenters. The molecule has 2 aromatic rings. The fourth-order valence-corrected chi connectivity index (χ4v) is 3.36. The van der Waals surface area contributed by atoms with Crippen molar-refractivity contribution in [3.05, 3.63) is 65.7 Å². The fourth-order valence-electron chi connectivity index (χ4n) is 3.36. The summed E-state index contributed by atoms with van der Waals surface area (Å²) in [5.74, 6) is 2.11. The summed E-state index contributed by atoms with van der Waals surface area (Å²) in [5.41, 5.74) is 10.7. The maximum absolute atomic E-state index is 3.33. The molecule has 2 nitrogen and oxygen atoms in total. The number of nitrogens with one attached hydrogen (secondary N) is 2. The third-order valence-electron chi connectivity index (χ3n) is 4.86. The van der Waals surface area contributed by atoms with Gasteiger partial charge < -0.3 is 5.43 Å². The predicted molar refractivity (Wildman–Crippen MR) is 87.3 cm³/mol. The lowest BCUT2D eigenvalue weighted by atomic mass is 10.0. The molecule has 0 unspecified atom stereocenters. The van der Waals surface area contributed by atoms with E-state index < -0.39 is 0 Å². The molecule has 108 valence electrons. The SMILES string of the molecule is C[C@@H]1[C@H](c2ccccc2)[C@H]1c1ccc(NNC2CC2)cc1. The highest BCUT2D eigenvalue weighted by molar-refractivity contribution is 5.47. The Labute approximate surface area is 126 Å². The van der Waals surface area contributed by atoms with Crippen LogP contribution in [0.5, 0.6) is 0 Å². The van der Waals surface area contributed by atoms with Crippen molar-refractivity contribution in [1.82, 2.24) is 5.43 Å². The molecule has 0 saturated heterocycles. The zero-order valence-corrected chi connectivity index (χ0v) is 12.4. The summed E-state index contributed by atoms with van der Waals surface area (Å²) in [6, 6.07) is 20.5. The van der Waals surface area contributed by atoms with Gasteiger partial charge in [-0.2, -0.15) is 0 Å². The number of hydrazine groups is 1. The second-order valence-electron chi connectivity index (χ2n) is 6.49. The van der Waals surface area contributed by atoms with E-state index in [9.17, 15) is 0 Å². The lowest BCUT2D eigenvalue weighted by molar-refractivity contribution is 0.794. The highest BCUT2D eigenvalue weighted by atomic mass is 15.4. The molecule has 2 fully saturated rings. The molecule has 2 aromatic carbocycles. The molecule has 0 amide bonds. The van der Waals surface area contributed by atoms with Crippen LogP contribution in [0, 0.1) is 5.92 Å². The van der Waals surface area contributed by atoms with Crippen molar-refractivity contribution in [3.63, 3.8) is 0 Å². The molecule has 2 heteroatoms. The molecule has 0 aliphatic heterocycles. The summed E-state index contributed by atoms with van der Waals surface area (Å²) < 4.78 is 0. The van der Waals surface area contributed by atoms with Gasteiger partial charge in [0, 0.05) is 11.7 Å². The average Bonchev–Trinajstić information content (AvgIpc) is 3.44. The first-order valence-electron chi connectivity index (χ1n) is 7.99. The average molecular weight is 278 g/mol. The molecule has 0 bridgehead atoms. The number of rotatable bonds is 5. The Balaban J connectivity index is 1.44. The van der Waals surface area contributed by atoms with Crippen molar-refractivity contribution in [3.8, 4) is 0 Å². The van der Waals surface area contributed by atoms with Gasteiger partial charge in [-0.25, -0.2) is 5.43 Å². The summed E-state index contributed by atoms with van der Waals surface area (Å²) in [7, 11) is 0. The molecule has 2 saturated carbocycles. The van der Waals surface area contributed by atoms with E-state index in [-0.39, 0.29) is 0 Å². The van der Waals surface area contributed by atoms with Crippen molar-refractivity contribution in [1.29, 1.82) is 0 Å². The minimum atomic E-state index is 0.676. The van der Waals surface area contributed by atoms with Crippen molar-refractivity contribution in [2.45, 2.75) is 37.6 Å². The summed E-state index contributed by atoms with van der Waals surface area (Å²) in [4.78, 5) is 0. The van der Waals surface area contributed by atoms with E-state index in [1.165, 1.54) is 24.0 Å². The van der Waals surface area contributed by atoms with Crippen molar-refractivity contribution < 1.29 is 0 Å². The number of hydrogen-bond acceptors (Lipinski definition) is 2. The molecular formula is C19H22N2. The first-order chi connectivity index (χ1) is 10.3. The molecule has 0 radical (unpaired) electrons. The third-order valence-corrected chi connectivity index (χ3v) is 4.86. The number of hydrogen-bond donors (Lipinski definition) is 2. The topological polar surface area (TPSA) is 24.1 Å². The first-order valence-corrected chi connectivity index (χ1v) is 7.99. The van der Waals surface area contributed by atoms with Crippen molar-refractivity contribution in [2.75, 3.05) is 5.43 Å². The Kier molecular flexibility index (Phi) is 3.19. The van der Waals surface area contributed by atoms with Crippen LogP contribution in [0.1, 0.15) is 42.7 Å². The molecule has 0 heterocycles. The van der Waals surface area contributed by atoms with Crippen LogP contribution in [0.15, 0.2) is 54.6 Å². The lowest BCUT2D eigenvalue weighted by Gasteiger charge is -2.08. The molecular weight excluding hydrogens is 256 g/mol. The van der Waals surface area contributed by atoms with Gasteiger partial charge >= 0.3 is 0 Å². The van der Waals surface area contributed by atoms with Gasteiger partial charge in [0.1, 0.15) is 0 Å². The van der Waals surface area contributed by atoms with Crippen LogP contribution in [0.4, 0.5) is 5.69 Å². The zero-order valence-electron chi connectivity index (χ0n) is 12.4. The molecule has 21 heavy (non-hydrogen) atoms. The standard InChI is InChI=1S/C19H22N2/c1-13-18(14-5-3-2-4-6-14)19(13)15-7-9-16(10-8-15)20-21-17-11-12-17/h2-10,13,17-21H,11-12H2,1H3/t13-,18-,19-/m1/s1. The maximum atomic E-state index is 3.33. The summed E-state index contributed by atoms with van der Waals surface area (Å²) in [6.45, 7) is 2.36. The van der Waals surface area contributed by atoms with E-state index in [1.54, 1.807) is 0 Å². The quantitative estimate of drug-likeness (QED) is 0.798. The number of anilines is 1. The second-order valence-corrected chi connectivity index (χ2v) is 6.49. The van der Waals surface area contributed by atoms with Crippen LogP contribution in [0.2, 0.25) is 0 Å². The van der Waals surface area contributed by atoms with Crippen LogP contribution < -0.4 is 10.9 Å². The van der Waals surface area contributed by atoms with Gasteiger partial charge in [0.25, 0.3) is 0 Å². The smallest absolute Gasteiger partial charge is 0.0487 e. The molecule has 4 rings (SSSR count). The zero-order chi connectivity index (χ0) is 14.2. The van der Waals surface area contributed by atoms with Crippen molar-refractivity contribution >= 4 is 5.69 Å². The van der Waals surface area contributed by atoms with Gasteiger partial charge in [0.05, 0.1) is 0 Å². The molecule has 0 spiro atoms. The highest BCUT2D eigenvalue weighted by Crippen LogP contribution is 2.60. The van der Waals surface area contributed by atoms with E-state index >= 15 is 0 Å². The van der Waals surface area contributed by atoms with Crippen LogP contribution in [-0.2, 0) is 0 Å². The Hall–Kier alpha value is -1.80. The van der Waals surface area contributed by atoms with E-state index in [0.717, 1.165) is 11.6 Å². The Morgan fingerprint density at radius 3 is 2.05 bits per heavy atom. The van der Waals surface area contributed by atoms with Gasteiger partial charge in [-0.1, -0.05) is 49.4 Å². The van der Waals surface area contributed by atoms with Crippen LogP contribution >= 0.6 is 0 Å². The Morgan fingerprint density at radius 1 is 0.810 bits per heavy atom. The number of benzene rings is 2. The second kappa shape index (κ2) is 5.19. The largest absolute Gasteiger partial charge is 0.321 e. The van der Waals surface area contributed by atoms with E-state index in [2.05, 4.69) is 72.4 Å². The van der Waals surface area contributed by atoms with Gasteiger partial charge in [0.15, 0.2) is 0 Å². The monoisotopic (exact) mass is 278 g/mol. The van der Waals surface area contributed by atoms with Gasteiger partial charge in [-0.05, 0) is 53.9 Å². The van der Waals surface area contributed by atoms with Crippen LogP contribution in [-0.4, -0.2) is 6.04 Å². The van der Waals surface area contributed by atoms with E-state index in [4.69, 9.17) is 0 Å². The Morgan fingerprint density at radius 2 is 1.43 bits per heavy atom. The minimum Gasteiger partial charge on any atom is -0.321 e. The third kappa shape index (κ3) is 2.68. The van der Waals surface area contributed by atoms with Crippen LogP contribution in [0.3, 0.4) is 0 Å². The van der Waals surface area contributed by atoms with Gasteiger partial charge in [-0.3, -0.25) is 0 Å². The van der Waals surface area contributed by atoms with Gasteiger partial charge in [0.2, 0.25) is 0 Å². The summed E-state index contributed by atoms with van der Waals surface area (Å²) in [5, 5.41) is 0. The summed E-state index contributed by atoms with van der Waals surface area (Å²) >= 11 is 0. The molecule has 0 aromatic heterocycles. The molecule has 2 aliphatic rings. The molecule has 2 aliphatic carbocycles. The van der Waals surface area contributed by atoms with E-state index in [0.29, 0.717) is 17.9 Å². The minimum absolute atomic E-state index is 0.676. The van der Waals surface area contributed by atoms with E-state index in [1.807, 2.05) is 0 Å². The predicted octanol–water partition coefficient (Wildman–Crippen LogP) is 4.28. The Bertz CT molecular complexity index is 601. The summed E-state index contributed by atoms with van der Waals surface area (Å²) in [6.07, 6.45) is 2.59. The maximum Gasteiger partial charge on any atom is 0.0487 e.